The summed E-state index contributed by atoms with van der Waals surface area (Å²) < 4.78 is 26.5. The number of hydrogen-bond acceptors (Lipinski definition) is 7. The van der Waals surface area contributed by atoms with Crippen molar-refractivity contribution in [2.75, 3.05) is 26.4 Å². The molecule has 10 heteroatoms. The van der Waals surface area contributed by atoms with Gasteiger partial charge >= 0.3 is 13.8 Å². The molecule has 9 nitrogen and oxygen atoms in total. The topological polar surface area (TPSA) is 131 Å². The minimum Gasteiger partial charge on any atom is -0.463 e. The van der Waals surface area contributed by atoms with Crippen molar-refractivity contribution in [3.63, 3.8) is 0 Å². The molecule has 0 aliphatic rings. The number of esters is 1. The lowest BCUT2D eigenvalue weighted by Crippen LogP contribution is -2.27. The van der Waals surface area contributed by atoms with Gasteiger partial charge in [0, 0.05) is 19.4 Å². The lowest BCUT2D eigenvalue weighted by molar-refractivity contribution is -0.147. The number of carbonyl (C=O) groups is 2. The summed E-state index contributed by atoms with van der Waals surface area (Å²) >= 11 is 0. The summed E-state index contributed by atoms with van der Waals surface area (Å²) in [7, 11) is -4.38. The number of phosphoric acid groups is 1. The zero-order valence-corrected chi connectivity index (χ0v) is 28.6. The summed E-state index contributed by atoms with van der Waals surface area (Å²) in [6, 6.07) is 0. The number of ether oxygens (including phenoxy) is 1. The van der Waals surface area contributed by atoms with Crippen molar-refractivity contribution in [3.8, 4) is 0 Å². The first-order chi connectivity index (χ1) is 20.8. The normalized spacial score (nSPS) is 13.5. The second-order valence-corrected chi connectivity index (χ2v) is 13.3. The number of aliphatic hydroxyl groups excluding tert-OH is 1. The van der Waals surface area contributed by atoms with Crippen LogP contribution in [0.3, 0.4) is 0 Å². The molecule has 0 fully saturated rings. The molecular weight excluding hydrogens is 569 g/mol. The van der Waals surface area contributed by atoms with E-state index in [0.717, 1.165) is 38.5 Å². The van der Waals surface area contributed by atoms with Gasteiger partial charge in [-0.25, -0.2) is 4.57 Å². The van der Waals surface area contributed by atoms with Gasteiger partial charge in [0.25, 0.3) is 0 Å². The highest BCUT2D eigenvalue weighted by Crippen LogP contribution is 2.42. The highest BCUT2D eigenvalue weighted by molar-refractivity contribution is 7.47. The van der Waals surface area contributed by atoms with Crippen molar-refractivity contribution in [1.82, 2.24) is 5.32 Å². The lowest BCUT2D eigenvalue weighted by atomic mass is 10.0. The van der Waals surface area contributed by atoms with Crippen molar-refractivity contribution >= 4 is 19.7 Å². The average Bonchev–Trinajstić information content (AvgIpc) is 2.98. The fraction of sp³-hybridized carbons (Fsp3) is 0.939. The summed E-state index contributed by atoms with van der Waals surface area (Å²) in [5.74, 6) is -0.535. The van der Waals surface area contributed by atoms with Crippen LogP contribution in [0.2, 0.25) is 0 Å². The average molecular weight is 636 g/mol. The summed E-state index contributed by atoms with van der Waals surface area (Å²) in [6.07, 6.45) is 26.8. The molecule has 0 aromatic rings. The molecule has 2 unspecified atom stereocenters. The summed E-state index contributed by atoms with van der Waals surface area (Å²) in [4.78, 5) is 33.2. The Morgan fingerprint density at radius 1 is 0.628 bits per heavy atom. The van der Waals surface area contributed by atoms with Gasteiger partial charge in [-0.1, -0.05) is 142 Å². The Bertz CT molecular complexity index is 694. The zero-order valence-electron chi connectivity index (χ0n) is 27.7. The molecule has 0 spiro atoms. The number of nitrogens with one attached hydrogen (secondary N) is 1. The van der Waals surface area contributed by atoms with E-state index in [1.165, 1.54) is 103 Å². The first-order valence-electron chi connectivity index (χ1n) is 17.5. The van der Waals surface area contributed by atoms with Gasteiger partial charge < -0.3 is 20.1 Å². The molecule has 0 aromatic carbocycles. The van der Waals surface area contributed by atoms with Crippen molar-refractivity contribution in [1.29, 1.82) is 0 Å². The number of unbranched alkanes of at least 4 members (excludes halogenated alkanes) is 20. The fourth-order valence-electron chi connectivity index (χ4n) is 4.85. The van der Waals surface area contributed by atoms with E-state index in [1.807, 2.05) is 0 Å². The molecule has 0 heterocycles. The Kier molecular flexibility index (Phi) is 30.3. The Hall–Kier alpha value is -0.990. The van der Waals surface area contributed by atoms with Crippen LogP contribution in [-0.4, -0.2) is 54.3 Å². The van der Waals surface area contributed by atoms with E-state index in [2.05, 4.69) is 19.2 Å². The Morgan fingerprint density at radius 2 is 1.05 bits per heavy atom. The Labute approximate surface area is 263 Å². The Balaban J connectivity index is 3.50. The number of aliphatic hydroxyl groups is 1. The van der Waals surface area contributed by atoms with Crippen LogP contribution in [0, 0.1) is 0 Å². The predicted octanol–water partition coefficient (Wildman–Crippen LogP) is 8.54. The van der Waals surface area contributed by atoms with E-state index >= 15 is 0 Å². The third-order valence-corrected chi connectivity index (χ3v) is 8.52. The molecule has 0 bridgehead atoms. The van der Waals surface area contributed by atoms with E-state index in [0.29, 0.717) is 6.42 Å². The number of amides is 1. The first-order valence-corrected chi connectivity index (χ1v) is 19.0. The van der Waals surface area contributed by atoms with Crippen LogP contribution in [0.5, 0.6) is 0 Å². The van der Waals surface area contributed by atoms with Gasteiger partial charge in [0.15, 0.2) is 0 Å². The predicted molar refractivity (Wildman–Crippen MR) is 174 cm³/mol. The maximum absolute atomic E-state index is 11.9. The number of hydrogen-bond donors (Lipinski definition) is 3. The number of phosphoric ester groups is 1. The van der Waals surface area contributed by atoms with E-state index in [-0.39, 0.29) is 32.1 Å². The van der Waals surface area contributed by atoms with E-state index in [9.17, 15) is 24.2 Å². The zero-order chi connectivity index (χ0) is 31.9. The maximum Gasteiger partial charge on any atom is 0.472 e. The Morgan fingerprint density at radius 3 is 1.53 bits per heavy atom. The third-order valence-electron chi connectivity index (χ3n) is 7.54. The standard InChI is InChI=1S/C33H66NO8P/c1-3-5-7-8-9-10-11-12-13-14-15-16-17-18-19-20-21-22-24-26-33(37)40-29-31(35)30-42-43(38,39)41-28-27-34-32(36)25-23-6-4-2/h31,35H,3-30H2,1-2H3,(H,34,36)(H,38,39). The van der Waals surface area contributed by atoms with Crippen LogP contribution in [0.15, 0.2) is 0 Å². The van der Waals surface area contributed by atoms with Gasteiger partial charge in [-0.15, -0.1) is 0 Å². The van der Waals surface area contributed by atoms with Crippen LogP contribution in [0.25, 0.3) is 0 Å². The highest BCUT2D eigenvalue weighted by atomic mass is 31.2. The fourth-order valence-corrected chi connectivity index (χ4v) is 5.61. The smallest absolute Gasteiger partial charge is 0.463 e. The van der Waals surface area contributed by atoms with E-state index in [1.54, 1.807) is 0 Å². The second-order valence-electron chi connectivity index (χ2n) is 11.9. The summed E-state index contributed by atoms with van der Waals surface area (Å²) in [5.41, 5.74) is 0. The van der Waals surface area contributed by atoms with Crippen LogP contribution in [0.1, 0.15) is 168 Å². The molecule has 0 aliphatic heterocycles. The first kappa shape index (κ1) is 42.0. The minimum atomic E-state index is -4.38. The van der Waals surface area contributed by atoms with E-state index in [4.69, 9.17) is 13.8 Å². The minimum absolute atomic E-state index is 0.0819. The quantitative estimate of drug-likeness (QED) is 0.0371. The van der Waals surface area contributed by atoms with E-state index < -0.39 is 26.5 Å². The molecule has 2 atom stereocenters. The van der Waals surface area contributed by atoms with Crippen LogP contribution in [0.4, 0.5) is 0 Å². The monoisotopic (exact) mass is 635 g/mol. The van der Waals surface area contributed by atoms with Crippen LogP contribution < -0.4 is 5.32 Å². The number of carbonyl (C=O) groups excluding carboxylic acids is 2. The van der Waals surface area contributed by atoms with Crippen molar-refractivity contribution in [2.24, 2.45) is 0 Å². The second kappa shape index (κ2) is 31.0. The van der Waals surface area contributed by atoms with Crippen molar-refractivity contribution in [3.05, 3.63) is 0 Å². The van der Waals surface area contributed by atoms with Crippen LogP contribution >= 0.6 is 7.82 Å². The van der Waals surface area contributed by atoms with Gasteiger partial charge in [0.05, 0.1) is 13.2 Å². The molecule has 0 aromatic heterocycles. The third kappa shape index (κ3) is 32.2. The van der Waals surface area contributed by atoms with Gasteiger partial charge in [0.2, 0.25) is 5.91 Å². The maximum atomic E-state index is 11.9. The summed E-state index contributed by atoms with van der Waals surface area (Å²) in [5, 5.41) is 12.5. The molecule has 0 saturated carbocycles. The van der Waals surface area contributed by atoms with Crippen molar-refractivity contribution < 1.29 is 37.9 Å². The van der Waals surface area contributed by atoms with Gasteiger partial charge in [-0.2, -0.15) is 0 Å². The SMILES string of the molecule is CCCCCCCCCCCCCCCCCCCCCC(=O)OCC(O)COP(=O)(O)OCCNC(=O)CCCCC. The molecule has 43 heavy (non-hydrogen) atoms. The van der Waals surface area contributed by atoms with Gasteiger partial charge in [-0.05, 0) is 12.8 Å². The molecular formula is C33H66NO8P. The number of rotatable bonds is 33. The molecule has 0 radical (unpaired) electrons. The van der Waals surface area contributed by atoms with Gasteiger partial charge in [-0.3, -0.25) is 18.6 Å². The molecule has 3 N–H and O–H groups in total. The molecule has 0 saturated heterocycles. The van der Waals surface area contributed by atoms with Gasteiger partial charge in [0.1, 0.15) is 12.7 Å². The highest BCUT2D eigenvalue weighted by Gasteiger charge is 2.23. The summed E-state index contributed by atoms with van der Waals surface area (Å²) in [6.45, 7) is 3.38. The molecule has 256 valence electrons. The molecule has 0 aliphatic carbocycles. The molecule has 0 rings (SSSR count). The lowest BCUT2D eigenvalue weighted by Gasteiger charge is -2.15. The molecule has 1 amide bonds. The van der Waals surface area contributed by atoms with Crippen LogP contribution in [-0.2, 0) is 27.9 Å². The van der Waals surface area contributed by atoms with Crippen molar-refractivity contribution in [2.45, 2.75) is 174 Å². The largest absolute Gasteiger partial charge is 0.472 e.